The number of benzene rings is 1. The zero-order valence-corrected chi connectivity index (χ0v) is 23.5. The number of carbonyl (C=O) groups is 1. The molecular formula is C31H41N3O4. The molecule has 4 rings (SSSR count). The van der Waals surface area contributed by atoms with Crippen molar-refractivity contribution < 1.29 is 14.6 Å². The zero-order valence-electron chi connectivity index (χ0n) is 23.5. The molecule has 1 aliphatic heterocycles. The summed E-state index contributed by atoms with van der Waals surface area (Å²) in [6.45, 7) is 11.6. The Balaban J connectivity index is 1.77. The molecule has 38 heavy (non-hydrogen) atoms. The molecule has 2 aliphatic rings. The molecule has 1 saturated carbocycles. The SMILES string of the molecule is C/C=C(\C=NC(CCC)NCC1CC1)c1cc2c(cc1OC)-c1cc(=O)c(C(=O)O)cn1C(C(C)(C)C)C2. The highest BCUT2D eigenvalue weighted by molar-refractivity contribution is 6.11. The lowest BCUT2D eigenvalue weighted by Crippen LogP contribution is -2.33. The van der Waals surface area contributed by atoms with Gasteiger partial charge in [-0.25, -0.2) is 4.79 Å². The van der Waals surface area contributed by atoms with Gasteiger partial charge in [-0.05, 0) is 73.8 Å². The van der Waals surface area contributed by atoms with Crippen LogP contribution in [0.2, 0.25) is 0 Å². The minimum atomic E-state index is -1.21. The monoisotopic (exact) mass is 519 g/mol. The Kier molecular flexibility index (Phi) is 8.26. The lowest BCUT2D eigenvalue weighted by molar-refractivity contribution is 0.0693. The van der Waals surface area contributed by atoms with Gasteiger partial charge in [0, 0.05) is 35.6 Å². The van der Waals surface area contributed by atoms with Gasteiger partial charge in [-0.2, -0.15) is 0 Å². The van der Waals surface area contributed by atoms with Gasteiger partial charge in [0.1, 0.15) is 11.3 Å². The number of ether oxygens (including phenoxy) is 1. The minimum absolute atomic E-state index is 0.0202. The molecule has 204 valence electrons. The molecule has 2 aromatic rings. The van der Waals surface area contributed by atoms with E-state index in [1.807, 2.05) is 23.8 Å². The maximum atomic E-state index is 12.7. The predicted molar refractivity (Wildman–Crippen MR) is 153 cm³/mol. The Morgan fingerprint density at radius 1 is 1.26 bits per heavy atom. The van der Waals surface area contributed by atoms with Gasteiger partial charge in [0.15, 0.2) is 5.43 Å². The first-order chi connectivity index (χ1) is 18.1. The van der Waals surface area contributed by atoms with E-state index in [0.29, 0.717) is 17.9 Å². The van der Waals surface area contributed by atoms with Gasteiger partial charge >= 0.3 is 5.97 Å². The van der Waals surface area contributed by atoms with Crippen molar-refractivity contribution in [1.29, 1.82) is 0 Å². The van der Waals surface area contributed by atoms with Crippen LogP contribution in [0.15, 0.2) is 40.3 Å². The third-order valence-corrected chi connectivity index (χ3v) is 7.68. The molecule has 2 unspecified atom stereocenters. The summed E-state index contributed by atoms with van der Waals surface area (Å²) in [5.41, 5.74) is 3.79. The molecule has 7 nitrogen and oxygen atoms in total. The number of hydrogen-bond acceptors (Lipinski definition) is 5. The van der Waals surface area contributed by atoms with Gasteiger partial charge in [-0.3, -0.25) is 15.1 Å². The van der Waals surface area contributed by atoms with Crippen molar-refractivity contribution in [3.8, 4) is 17.0 Å². The number of aromatic nitrogens is 1. The standard InChI is InChI=1S/C31H41N3O4/c1-7-9-29(32-16-19-10-11-19)33-17-20(8-2)23-12-21-13-28(31(3,4)5)34-18-24(30(36)37)26(35)15-25(34)22(21)14-27(23)38-6/h8,12,14-15,17-19,28-29,32H,7,9-11,13,16H2,1-6H3,(H,36,37)/b20-8+,33-17?. The van der Waals surface area contributed by atoms with Gasteiger partial charge in [0.25, 0.3) is 0 Å². The van der Waals surface area contributed by atoms with Crippen LogP contribution in [-0.4, -0.2) is 41.7 Å². The summed E-state index contributed by atoms with van der Waals surface area (Å²) < 4.78 is 7.80. The number of aromatic carboxylic acids is 1. The highest BCUT2D eigenvalue weighted by Crippen LogP contribution is 2.45. The van der Waals surface area contributed by atoms with Crippen LogP contribution in [0, 0.1) is 11.3 Å². The minimum Gasteiger partial charge on any atom is -0.496 e. The number of fused-ring (bicyclic) bond motifs is 3. The van der Waals surface area contributed by atoms with Crippen LogP contribution < -0.4 is 15.5 Å². The Morgan fingerprint density at radius 3 is 2.58 bits per heavy atom. The Labute approximate surface area is 225 Å². The van der Waals surface area contributed by atoms with Gasteiger partial charge < -0.3 is 14.4 Å². The summed E-state index contributed by atoms with van der Waals surface area (Å²) in [6.07, 6.45) is 11.0. The van der Waals surface area contributed by atoms with E-state index in [1.165, 1.54) is 25.1 Å². The molecule has 0 bridgehead atoms. The molecule has 1 aromatic heterocycles. The van der Waals surface area contributed by atoms with Crippen LogP contribution in [-0.2, 0) is 6.42 Å². The van der Waals surface area contributed by atoms with Crippen molar-refractivity contribution in [1.82, 2.24) is 9.88 Å². The number of pyridine rings is 1. The molecule has 0 amide bonds. The normalized spacial score (nSPS) is 18.3. The Morgan fingerprint density at radius 2 is 2.00 bits per heavy atom. The molecule has 2 heterocycles. The van der Waals surface area contributed by atoms with Gasteiger partial charge in [-0.1, -0.05) is 40.2 Å². The molecule has 7 heteroatoms. The maximum Gasteiger partial charge on any atom is 0.341 e. The first-order valence-electron chi connectivity index (χ1n) is 13.7. The Hall–Kier alpha value is -3.19. The van der Waals surface area contributed by atoms with Crippen molar-refractivity contribution >= 4 is 17.8 Å². The number of aliphatic imine (C=N–C) groups is 1. The third-order valence-electron chi connectivity index (χ3n) is 7.68. The average molecular weight is 520 g/mol. The lowest BCUT2D eigenvalue weighted by Gasteiger charge is -2.39. The number of nitrogens with one attached hydrogen (secondary N) is 1. The van der Waals surface area contributed by atoms with Crippen LogP contribution in [0.25, 0.3) is 16.8 Å². The second-order valence-corrected chi connectivity index (χ2v) is 11.6. The molecule has 0 saturated heterocycles. The molecule has 2 atom stereocenters. The van der Waals surface area contributed by atoms with Gasteiger partial charge in [-0.15, -0.1) is 0 Å². The molecule has 0 radical (unpaired) electrons. The fourth-order valence-electron chi connectivity index (χ4n) is 5.24. The first kappa shape index (κ1) is 27.8. The topological polar surface area (TPSA) is 92.9 Å². The smallest absolute Gasteiger partial charge is 0.341 e. The van der Waals surface area contributed by atoms with E-state index in [0.717, 1.165) is 47.6 Å². The lowest BCUT2D eigenvalue weighted by atomic mass is 9.78. The number of methoxy groups -OCH3 is 1. The molecule has 1 aromatic carbocycles. The van der Waals surface area contributed by atoms with E-state index in [1.54, 1.807) is 7.11 Å². The highest BCUT2D eigenvalue weighted by Gasteiger charge is 2.34. The number of carboxylic acids is 1. The zero-order chi connectivity index (χ0) is 27.6. The largest absolute Gasteiger partial charge is 0.496 e. The van der Waals surface area contributed by atoms with Crippen LogP contribution >= 0.6 is 0 Å². The van der Waals surface area contributed by atoms with Gasteiger partial charge in [0.2, 0.25) is 0 Å². The number of nitrogens with zero attached hydrogens (tertiary/aromatic N) is 2. The average Bonchev–Trinajstić information content (AvgIpc) is 3.70. The quantitative estimate of drug-likeness (QED) is 0.378. The summed E-state index contributed by atoms with van der Waals surface area (Å²) in [7, 11) is 1.65. The first-order valence-corrected chi connectivity index (χ1v) is 13.7. The summed E-state index contributed by atoms with van der Waals surface area (Å²) in [5.74, 6) is 0.280. The predicted octanol–water partition coefficient (Wildman–Crippen LogP) is 5.97. The van der Waals surface area contributed by atoms with E-state index in [2.05, 4.69) is 45.2 Å². The van der Waals surface area contributed by atoms with Crippen molar-refractivity contribution in [2.24, 2.45) is 16.3 Å². The second kappa shape index (κ2) is 11.3. The fourth-order valence-corrected chi connectivity index (χ4v) is 5.24. The van der Waals surface area contributed by atoms with E-state index in [-0.39, 0.29) is 23.2 Å². The van der Waals surface area contributed by atoms with E-state index < -0.39 is 11.4 Å². The molecular weight excluding hydrogens is 478 g/mol. The maximum absolute atomic E-state index is 12.7. The number of hydrogen-bond donors (Lipinski definition) is 2. The van der Waals surface area contributed by atoms with Crippen molar-refractivity contribution in [2.75, 3.05) is 13.7 Å². The summed E-state index contributed by atoms with van der Waals surface area (Å²) in [4.78, 5) is 29.4. The van der Waals surface area contributed by atoms with E-state index >= 15 is 0 Å². The van der Waals surface area contributed by atoms with Crippen molar-refractivity contribution in [2.45, 2.75) is 78.9 Å². The van der Waals surface area contributed by atoms with Crippen molar-refractivity contribution in [3.05, 3.63) is 57.4 Å². The van der Waals surface area contributed by atoms with Crippen LogP contribution in [0.4, 0.5) is 0 Å². The second-order valence-electron chi connectivity index (χ2n) is 11.6. The van der Waals surface area contributed by atoms with E-state index in [4.69, 9.17) is 9.73 Å². The number of carboxylic acid groups (broad SMARTS) is 1. The number of rotatable bonds is 10. The molecule has 2 N–H and O–H groups in total. The van der Waals surface area contributed by atoms with Crippen LogP contribution in [0.3, 0.4) is 0 Å². The number of allylic oxidation sites excluding steroid dienone is 2. The van der Waals surface area contributed by atoms with E-state index in [9.17, 15) is 14.7 Å². The van der Waals surface area contributed by atoms with Gasteiger partial charge in [0.05, 0.1) is 19.0 Å². The molecule has 0 spiro atoms. The van der Waals surface area contributed by atoms with Crippen LogP contribution in [0.5, 0.6) is 5.75 Å². The summed E-state index contributed by atoms with van der Waals surface area (Å²) in [6, 6.07) is 5.56. The highest BCUT2D eigenvalue weighted by atomic mass is 16.5. The Bertz CT molecular complexity index is 1310. The third kappa shape index (κ3) is 5.93. The summed E-state index contributed by atoms with van der Waals surface area (Å²) in [5, 5.41) is 13.2. The summed E-state index contributed by atoms with van der Waals surface area (Å²) >= 11 is 0. The fraction of sp³-hybridized carbons (Fsp3) is 0.516. The van der Waals surface area contributed by atoms with Crippen molar-refractivity contribution in [3.63, 3.8) is 0 Å². The van der Waals surface area contributed by atoms with Crippen LogP contribution in [0.1, 0.15) is 87.8 Å². The molecule has 1 aliphatic carbocycles. The molecule has 1 fully saturated rings.